The molecule has 1 N–H and O–H groups in total. The van der Waals surface area contributed by atoms with E-state index in [0.717, 1.165) is 0 Å². The summed E-state index contributed by atoms with van der Waals surface area (Å²) in [6.07, 6.45) is 1.54. The van der Waals surface area contributed by atoms with Crippen LogP contribution in [-0.2, 0) is 13.6 Å². The average Bonchev–Trinajstić information content (AvgIpc) is 2.75. The lowest BCUT2D eigenvalue weighted by atomic mass is 10.2. The maximum atomic E-state index is 11.7. The van der Waals surface area contributed by atoms with Crippen LogP contribution in [0, 0.1) is 6.92 Å². The summed E-state index contributed by atoms with van der Waals surface area (Å²) in [4.78, 5) is 27.1. The first-order chi connectivity index (χ1) is 8.56. The Hall–Kier alpha value is -2.44. The third-order valence-corrected chi connectivity index (χ3v) is 2.34. The zero-order valence-corrected chi connectivity index (χ0v) is 10.0. The van der Waals surface area contributed by atoms with Gasteiger partial charge in [-0.2, -0.15) is 4.98 Å². The minimum absolute atomic E-state index is 0.134. The molecule has 0 aliphatic carbocycles. The van der Waals surface area contributed by atoms with Crippen LogP contribution >= 0.6 is 0 Å². The van der Waals surface area contributed by atoms with Gasteiger partial charge in [-0.1, -0.05) is 5.16 Å². The molecule has 0 bridgehead atoms. The van der Waals surface area contributed by atoms with E-state index in [1.165, 1.54) is 16.8 Å². The van der Waals surface area contributed by atoms with Crippen molar-refractivity contribution in [1.82, 2.24) is 20.0 Å². The predicted molar refractivity (Wildman–Crippen MR) is 61.9 cm³/mol. The summed E-state index contributed by atoms with van der Waals surface area (Å²) < 4.78 is 6.24. The molecule has 0 saturated heterocycles. The molecule has 7 nitrogen and oxygen atoms in total. The predicted octanol–water partition coefficient (Wildman–Crippen LogP) is 0.00672. The number of carbonyl (C=O) groups is 1. The molecule has 18 heavy (non-hydrogen) atoms. The number of hydrogen-bond acceptors (Lipinski definition) is 5. The highest BCUT2D eigenvalue weighted by atomic mass is 16.5. The molecule has 0 saturated carbocycles. The molecule has 2 aromatic rings. The van der Waals surface area contributed by atoms with E-state index in [0.29, 0.717) is 17.3 Å². The highest BCUT2D eigenvalue weighted by Crippen LogP contribution is 1.98. The third-order valence-electron chi connectivity index (χ3n) is 2.34. The molecule has 1 amide bonds. The monoisotopic (exact) mass is 248 g/mol. The van der Waals surface area contributed by atoms with Crippen molar-refractivity contribution in [3.05, 3.63) is 46.0 Å². The topological polar surface area (TPSA) is 90.0 Å². The van der Waals surface area contributed by atoms with Gasteiger partial charge in [-0.05, 0) is 13.0 Å². The fourth-order valence-corrected chi connectivity index (χ4v) is 1.36. The molecule has 2 aromatic heterocycles. The van der Waals surface area contributed by atoms with Crippen LogP contribution in [0.1, 0.15) is 22.1 Å². The van der Waals surface area contributed by atoms with Gasteiger partial charge in [-0.15, -0.1) is 0 Å². The van der Waals surface area contributed by atoms with Gasteiger partial charge < -0.3 is 14.4 Å². The van der Waals surface area contributed by atoms with Gasteiger partial charge in [0.25, 0.3) is 11.5 Å². The Morgan fingerprint density at radius 3 is 2.94 bits per heavy atom. The largest absolute Gasteiger partial charge is 0.343 e. The number of carbonyl (C=O) groups excluding carboxylic acids is 1. The summed E-state index contributed by atoms with van der Waals surface area (Å²) in [5.41, 5.74) is 0.0608. The van der Waals surface area contributed by atoms with E-state index in [4.69, 9.17) is 4.52 Å². The number of pyridine rings is 1. The second-order valence-electron chi connectivity index (χ2n) is 3.78. The van der Waals surface area contributed by atoms with E-state index in [1.807, 2.05) is 0 Å². The van der Waals surface area contributed by atoms with Crippen LogP contribution in [0.4, 0.5) is 0 Å². The van der Waals surface area contributed by atoms with Crippen LogP contribution in [0.3, 0.4) is 0 Å². The fraction of sp³-hybridized carbons (Fsp3) is 0.273. The van der Waals surface area contributed by atoms with Gasteiger partial charge in [-0.25, -0.2) is 0 Å². The van der Waals surface area contributed by atoms with E-state index in [2.05, 4.69) is 15.5 Å². The molecule has 0 unspecified atom stereocenters. The molecule has 0 spiro atoms. The van der Waals surface area contributed by atoms with Crippen molar-refractivity contribution in [3.63, 3.8) is 0 Å². The lowest BCUT2D eigenvalue weighted by Crippen LogP contribution is -2.25. The summed E-state index contributed by atoms with van der Waals surface area (Å²) in [6.45, 7) is 1.82. The van der Waals surface area contributed by atoms with Crippen LogP contribution in [0.25, 0.3) is 0 Å². The number of rotatable bonds is 3. The van der Waals surface area contributed by atoms with E-state index >= 15 is 0 Å². The van der Waals surface area contributed by atoms with Gasteiger partial charge in [0.1, 0.15) is 0 Å². The number of hydrogen-bond donors (Lipinski definition) is 1. The van der Waals surface area contributed by atoms with Gasteiger partial charge in [0, 0.05) is 24.9 Å². The lowest BCUT2D eigenvalue weighted by Gasteiger charge is -2.02. The zero-order chi connectivity index (χ0) is 13.1. The van der Waals surface area contributed by atoms with Gasteiger partial charge in [0.2, 0.25) is 5.89 Å². The first kappa shape index (κ1) is 12.0. The molecule has 0 radical (unpaired) electrons. The first-order valence-corrected chi connectivity index (χ1v) is 5.30. The number of nitrogens with zero attached hydrogens (tertiary/aromatic N) is 3. The Kier molecular flexibility index (Phi) is 3.22. The Balaban J connectivity index is 2.03. The number of amides is 1. The summed E-state index contributed by atoms with van der Waals surface area (Å²) in [6, 6.07) is 2.84. The van der Waals surface area contributed by atoms with Crippen molar-refractivity contribution >= 4 is 5.91 Å². The van der Waals surface area contributed by atoms with Gasteiger partial charge >= 0.3 is 0 Å². The molecular formula is C11H12N4O3. The summed E-state index contributed by atoms with van der Waals surface area (Å²) in [5.74, 6) is 0.473. The Morgan fingerprint density at radius 1 is 1.56 bits per heavy atom. The third kappa shape index (κ3) is 2.62. The summed E-state index contributed by atoms with van der Waals surface area (Å²) in [5, 5.41) is 6.19. The summed E-state index contributed by atoms with van der Waals surface area (Å²) >= 11 is 0. The van der Waals surface area contributed by atoms with E-state index in [9.17, 15) is 9.59 Å². The Morgan fingerprint density at radius 2 is 2.33 bits per heavy atom. The highest BCUT2D eigenvalue weighted by molar-refractivity contribution is 5.93. The molecule has 0 aromatic carbocycles. The van der Waals surface area contributed by atoms with Gasteiger partial charge in [0.05, 0.1) is 6.54 Å². The van der Waals surface area contributed by atoms with Crippen LogP contribution in [0.5, 0.6) is 0 Å². The fourth-order valence-electron chi connectivity index (χ4n) is 1.36. The van der Waals surface area contributed by atoms with E-state index < -0.39 is 0 Å². The van der Waals surface area contributed by atoms with Gasteiger partial charge in [-0.3, -0.25) is 9.59 Å². The molecule has 0 fully saturated rings. The SMILES string of the molecule is Cc1noc(CNC(=O)c2ccn(C)c(=O)c2)n1. The molecule has 7 heteroatoms. The number of aromatic nitrogens is 3. The average molecular weight is 248 g/mol. The first-order valence-electron chi connectivity index (χ1n) is 5.30. The quantitative estimate of drug-likeness (QED) is 0.826. The van der Waals surface area contributed by atoms with Crippen molar-refractivity contribution in [2.75, 3.05) is 0 Å². The second-order valence-corrected chi connectivity index (χ2v) is 3.78. The van der Waals surface area contributed by atoms with Crippen molar-refractivity contribution in [3.8, 4) is 0 Å². The van der Waals surface area contributed by atoms with Crippen LogP contribution in [-0.4, -0.2) is 20.6 Å². The van der Waals surface area contributed by atoms with Crippen molar-refractivity contribution in [1.29, 1.82) is 0 Å². The maximum absolute atomic E-state index is 11.7. The highest BCUT2D eigenvalue weighted by Gasteiger charge is 2.09. The van der Waals surface area contributed by atoms with Crippen molar-refractivity contribution in [2.45, 2.75) is 13.5 Å². The van der Waals surface area contributed by atoms with E-state index in [-0.39, 0.29) is 18.0 Å². The lowest BCUT2D eigenvalue weighted by molar-refractivity contribution is 0.0946. The molecule has 0 aliphatic heterocycles. The van der Waals surface area contributed by atoms with Crippen LogP contribution in [0.15, 0.2) is 27.6 Å². The Bertz CT molecular complexity index is 629. The standard InChI is InChI=1S/C11H12N4O3/c1-7-13-9(18-14-7)6-12-11(17)8-3-4-15(2)10(16)5-8/h3-5H,6H2,1-2H3,(H,12,17). The number of aryl methyl sites for hydroxylation is 2. The normalized spacial score (nSPS) is 10.3. The van der Waals surface area contributed by atoms with Crippen LogP contribution in [0.2, 0.25) is 0 Å². The summed E-state index contributed by atoms with van der Waals surface area (Å²) in [7, 11) is 1.62. The second kappa shape index (κ2) is 4.82. The van der Waals surface area contributed by atoms with Crippen LogP contribution < -0.4 is 10.9 Å². The van der Waals surface area contributed by atoms with Gasteiger partial charge in [0.15, 0.2) is 5.82 Å². The van der Waals surface area contributed by atoms with Crippen molar-refractivity contribution in [2.24, 2.45) is 7.05 Å². The minimum Gasteiger partial charge on any atom is -0.343 e. The minimum atomic E-state index is -0.358. The number of nitrogens with one attached hydrogen (secondary N) is 1. The Labute approximate surface area is 102 Å². The molecule has 94 valence electrons. The molecule has 2 heterocycles. The molecule has 0 atom stereocenters. The molecular weight excluding hydrogens is 236 g/mol. The zero-order valence-electron chi connectivity index (χ0n) is 10.0. The molecule has 2 rings (SSSR count). The van der Waals surface area contributed by atoms with Crippen molar-refractivity contribution < 1.29 is 9.32 Å². The van der Waals surface area contributed by atoms with E-state index in [1.54, 1.807) is 20.0 Å². The molecule has 0 aliphatic rings. The smallest absolute Gasteiger partial charge is 0.251 e. The maximum Gasteiger partial charge on any atom is 0.251 e.